The Hall–Kier alpha value is -4.04. The number of carbonyl (C=O) groups is 2. The van der Waals surface area contributed by atoms with Crippen molar-refractivity contribution in [2.24, 2.45) is 0 Å². The average molecular weight is 474 g/mol. The molecule has 1 aliphatic rings. The highest BCUT2D eigenvalue weighted by atomic mass is 16.3. The summed E-state index contributed by atoms with van der Waals surface area (Å²) in [4.78, 5) is 31.6. The van der Waals surface area contributed by atoms with E-state index in [9.17, 15) is 14.7 Å². The van der Waals surface area contributed by atoms with E-state index in [0.29, 0.717) is 57.1 Å². The molecule has 6 N–H and O–H groups in total. The Morgan fingerprint density at radius 1 is 1.14 bits per heavy atom. The van der Waals surface area contributed by atoms with E-state index in [1.807, 2.05) is 6.92 Å². The first kappa shape index (κ1) is 24.1. The standard InChI is InChI=1S/C27H31N5O3/c1-4-32(5-2)13-12-29-27(35)24-16(3)30-22(25(24)18-8-6-7-9-23(18)33)15-20-19-14-17(28)10-11-21(19)31-26(20)34/h6-11,14-15,30,33H,4-5,12-13,28H2,1-3H3,(H,29,35)(H,31,34). The molecule has 1 aromatic heterocycles. The number of hydrogen-bond donors (Lipinski definition) is 5. The Bertz CT molecular complexity index is 1300. The Kier molecular flexibility index (Phi) is 6.93. The highest BCUT2D eigenvalue weighted by Gasteiger charge is 2.28. The fourth-order valence-electron chi connectivity index (χ4n) is 4.46. The van der Waals surface area contributed by atoms with Crippen LogP contribution in [-0.2, 0) is 4.79 Å². The number of anilines is 2. The summed E-state index contributed by atoms with van der Waals surface area (Å²) in [5.74, 6) is -0.454. The summed E-state index contributed by atoms with van der Waals surface area (Å²) in [6, 6.07) is 12.1. The number of aromatic nitrogens is 1. The first-order chi connectivity index (χ1) is 16.8. The number of para-hydroxylation sites is 1. The van der Waals surface area contributed by atoms with E-state index in [2.05, 4.69) is 34.4 Å². The third-order valence-electron chi connectivity index (χ3n) is 6.34. The monoisotopic (exact) mass is 473 g/mol. The van der Waals surface area contributed by atoms with E-state index < -0.39 is 0 Å². The van der Waals surface area contributed by atoms with Crippen molar-refractivity contribution in [1.82, 2.24) is 15.2 Å². The van der Waals surface area contributed by atoms with Crippen molar-refractivity contribution >= 4 is 34.8 Å². The number of nitrogens with one attached hydrogen (secondary N) is 3. The van der Waals surface area contributed by atoms with Crippen molar-refractivity contribution in [3.8, 4) is 16.9 Å². The predicted octanol–water partition coefficient (Wildman–Crippen LogP) is 3.84. The number of aromatic amines is 1. The molecule has 8 nitrogen and oxygen atoms in total. The molecule has 0 aliphatic carbocycles. The molecule has 0 fully saturated rings. The van der Waals surface area contributed by atoms with Crippen LogP contribution in [-0.4, -0.2) is 53.0 Å². The van der Waals surface area contributed by atoms with Gasteiger partial charge in [-0.3, -0.25) is 9.59 Å². The maximum atomic E-state index is 13.3. The summed E-state index contributed by atoms with van der Waals surface area (Å²) in [7, 11) is 0. The first-order valence-corrected chi connectivity index (χ1v) is 11.8. The third kappa shape index (κ3) is 4.79. The van der Waals surface area contributed by atoms with E-state index in [-0.39, 0.29) is 17.6 Å². The molecule has 2 heterocycles. The van der Waals surface area contributed by atoms with Gasteiger partial charge in [0.25, 0.3) is 11.8 Å². The zero-order valence-corrected chi connectivity index (χ0v) is 20.2. The van der Waals surface area contributed by atoms with E-state index >= 15 is 0 Å². The van der Waals surface area contributed by atoms with Gasteiger partial charge in [-0.1, -0.05) is 32.0 Å². The van der Waals surface area contributed by atoms with Gasteiger partial charge in [0.2, 0.25) is 0 Å². The molecule has 3 aromatic rings. The molecule has 2 aromatic carbocycles. The number of likely N-dealkylation sites (N-methyl/N-ethyl adjacent to an activating group) is 1. The fourth-order valence-corrected chi connectivity index (χ4v) is 4.46. The number of aromatic hydroxyl groups is 1. The number of phenolic OH excluding ortho intramolecular Hbond substituents is 1. The molecule has 2 amide bonds. The van der Waals surface area contributed by atoms with Gasteiger partial charge in [0.15, 0.2) is 0 Å². The van der Waals surface area contributed by atoms with Gasteiger partial charge in [-0.2, -0.15) is 0 Å². The molecule has 8 heteroatoms. The molecule has 0 radical (unpaired) electrons. The van der Waals surface area contributed by atoms with Gasteiger partial charge in [0.05, 0.1) is 11.1 Å². The molecule has 0 atom stereocenters. The molecular formula is C27H31N5O3. The van der Waals surface area contributed by atoms with Gasteiger partial charge in [-0.25, -0.2) is 0 Å². The lowest BCUT2D eigenvalue weighted by Gasteiger charge is -2.18. The predicted molar refractivity (Wildman–Crippen MR) is 140 cm³/mol. The number of H-pyrrole nitrogens is 1. The quantitative estimate of drug-likeness (QED) is 0.251. The molecule has 4 rings (SSSR count). The van der Waals surface area contributed by atoms with Gasteiger partial charge in [0.1, 0.15) is 5.75 Å². The Labute approximate surface area is 204 Å². The lowest BCUT2D eigenvalue weighted by molar-refractivity contribution is -0.110. The second-order valence-corrected chi connectivity index (χ2v) is 8.53. The Morgan fingerprint density at radius 3 is 2.60 bits per heavy atom. The minimum Gasteiger partial charge on any atom is -0.507 e. The minimum atomic E-state index is -0.258. The third-order valence-corrected chi connectivity index (χ3v) is 6.34. The fraction of sp³-hybridized carbons (Fsp3) is 0.259. The first-order valence-electron chi connectivity index (χ1n) is 11.8. The number of carbonyl (C=O) groups excluding carboxylic acids is 2. The molecule has 0 bridgehead atoms. The van der Waals surface area contributed by atoms with E-state index in [1.54, 1.807) is 48.5 Å². The smallest absolute Gasteiger partial charge is 0.256 e. The number of rotatable bonds is 8. The van der Waals surface area contributed by atoms with Crippen LogP contribution in [0.15, 0.2) is 42.5 Å². The number of nitrogen functional groups attached to an aromatic ring is 1. The topological polar surface area (TPSA) is 123 Å². The number of fused-ring (bicyclic) bond motifs is 1. The van der Waals surface area contributed by atoms with Crippen LogP contribution < -0.4 is 16.4 Å². The van der Waals surface area contributed by atoms with Crippen LogP contribution in [0.3, 0.4) is 0 Å². The number of aryl methyl sites for hydroxylation is 1. The molecule has 0 spiro atoms. The van der Waals surface area contributed by atoms with Gasteiger partial charge >= 0.3 is 0 Å². The van der Waals surface area contributed by atoms with E-state index in [0.717, 1.165) is 19.6 Å². The van der Waals surface area contributed by atoms with Crippen LogP contribution in [0, 0.1) is 6.92 Å². The van der Waals surface area contributed by atoms with Crippen molar-refractivity contribution < 1.29 is 14.7 Å². The highest BCUT2D eigenvalue weighted by molar-refractivity contribution is 6.35. The number of phenols is 1. The van der Waals surface area contributed by atoms with Crippen molar-refractivity contribution in [2.75, 3.05) is 37.2 Å². The molecule has 0 saturated heterocycles. The summed E-state index contributed by atoms with van der Waals surface area (Å²) in [5, 5.41) is 16.5. The summed E-state index contributed by atoms with van der Waals surface area (Å²) in [6.07, 6.45) is 1.71. The zero-order valence-electron chi connectivity index (χ0n) is 20.2. The lowest BCUT2D eigenvalue weighted by atomic mass is 9.96. The average Bonchev–Trinajstić information content (AvgIpc) is 3.32. The molecule has 0 saturated carbocycles. The van der Waals surface area contributed by atoms with Gasteiger partial charge in [0, 0.05) is 52.5 Å². The summed E-state index contributed by atoms with van der Waals surface area (Å²) < 4.78 is 0. The van der Waals surface area contributed by atoms with Gasteiger partial charge < -0.3 is 31.4 Å². The molecule has 182 valence electrons. The Morgan fingerprint density at radius 2 is 1.89 bits per heavy atom. The number of nitrogens with zero attached hydrogens (tertiary/aromatic N) is 1. The van der Waals surface area contributed by atoms with Crippen LogP contribution in [0.2, 0.25) is 0 Å². The number of benzene rings is 2. The zero-order chi connectivity index (χ0) is 25.1. The summed E-state index contributed by atoms with van der Waals surface area (Å²) in [5.41, 5.74) is 11.0. The van der Waals surface area contributed by atoms with Crippen LogP contribution in [0.25, 0.3) is 22.8 Å². The normalized spacial score (nSPS) is 13.8. The SMILES string of the molecule is CCN(CC)CCNC(=O)c1c(C)[nH]c(C=C2C(=O)Nc3ccc(N)cc32)c1-c1ccccc1O. The molecule has 0 unspecified atom stereocenters. The highest BCUT2D eigenvalue weighted by Crippen LogP contribution is 2.40. The minimum absolute atomic E-state index is 0.0452. The van der Waals surface area contributed by atoms with Crippen LogP contribution in [0.4, 0.5) is 11.4 Å². The van der Waals surface area contributed by atoms with Gasteiger partial charge in [-0.05, 0) is 50.4 Å². The largest absolute Gasteiger partial charge is 0.507 e. The number of hydrogen-bond acceptors (Lipinski definition) is 5. The maximum Gasteiger partial charge on any atom is 0.256 e. The summed E-state index contributed by atoms with van der Waals surface area (Å²) in [6.45, 7) is 9.03. The Balaban J connectivity index is 1.79. The number of amides is 2. The second kappa shape index (κ2) is 10.1. The maximum absolute atomic E-state index is 13.3. The lowest BCUT2D eigenvalue weighted by Crippen LogP contribution is -2.35. The molecule has 1 aliphatic heterocycles. The van der Waals surface area contributed by atoms with Crippen LogP contribution >= 0.6 is 0 Å². The van der Waals surface area contributed by atoms with Crippen molar-refractivity contribution in [2.45, 2.75) is 20.8 Å². The molecular weight excluding hydrogens is 442 g/mol. The van der Waals surface area contributed by atoms with Crippen LogP contribution in [0.5, 0.6) is 5.75 Å². The van der Waals surface area contributed by atoms with E-state index in [4.69, 9.17) is 5.73 Å². The van der Waals surface area contributed by atoms with E-state index in [1.165, 1.54) is 0 Å². The van der Waals surface area contributed by atoms with Crippen molar-refractivity contribution in [3.63, 3.8) is 0 Å². The van der Waals surface area contributed by atoms with Crippen molar-refractivity contribution in [1.29, 1.82) is 0 Å². The van der Waals surface area contributed by atoms with Gasteiger partial charge in [-0.15, -0.1) is 0 Å². The van der Waals surface area contributed by atoms with Crippen molar-refractivity contribution in [3.05, 3.63) is 65.0 Å². The summed E-state index contributed by atoms with van der Waals surface area (Å²) >= 11 is 0. The number of nitrogens with two attached hydrogens (primary N) is 1. The van der Waals surface area contributed by atoms with Crippen LogP contribution in [0.1, 0.15) is 41.2 Å². The molecule has 35 heavy (non-hydrogen) atoms. The second-order valence-electron chi connectivity index (χ2n) is 8.53.